The molecule has 0 bridgehead atoms. The van der Waals surface area contributed by atoms with Crippen molar-refractivity contribution >= 4 is 5.69 Å². The topological polar surface area (TPSA) is 12.5 Å². The van der Waals surface area contributed by atoms with E-state index < -0.39 is 0 Å². The zero-order chi connectivity index (χ0) is 13.1. The third-order valence-corrected chi connectivity index (χ3v) is 3.96. The lowest BCUT2D eigenvalue weighted by molar-refractivity contribution is 0.309. The molecule has 2 rings (SSSR count). The van der Waals surface area contributed by atoms with Crippen LogP contribution in [0.2, 0.25) is 0 Å². The van der Waals surface area contributed by atoms with Gasteiger partial charge in [-0.25, -0.2) is 4.39 Å². The first kappa shape index (κ1) is 13.2. The molecule has 0 atom stereocenters. The first-order valence-corrected chi connectivity index (χ1v) is 6.70. The molecule has 0 unspecified atom stereocenters. The van der Waals surface area contributed by atoms with Crippen LogP contribution in [0.15, 0.2) is 18.2 Å². The van der Waals surface area contributed by atoms with Crippen molar-refractivity contribution in [3.63, 3.8) is 0 Å². The third-order valence-electron chi connectivity index (χ3n) is 3.96. The summed E-state index contributed by atoms with van der Waals surface area (Å²) in [7, 11) is 1.64. The Balaban J connectivity index is 2.11. The Hall–Kier alpha value is -1.25. The molecular weight excluding hydrogens is 229 g/mol. The Kier molecular flexibility index (Phi) is 4.10. The van der Waals surface area contributed by atoms with Crippen LogP contribution in [-0.4, -0.2) is 20.2 Å². The fraction of sp³-hybridized carbons (Fsp3) is 0.600. The molecule has 1 aliphatic rings. The van der Waals surface area contributed by atoms with Gasteiger partial charge in [-0.15, -0.1) is 0 Å². The SMILES string of the molecule is COc1ccc(F)cc1N1CCC(C(C)C)CC1. The summed E-state index contributed by atoms with van der Waals surface area (Å²) in [5.41, 5.74) is 0.889. The predicted octanol–water partition coefficient (Wildman–Crippen LogP) is 3.71. The number of nitrogens with zero attached hydrogens (tertiary/aromatic N) is 1. The van der Waals surface area contributed by atoms with Crippen molar-refractivity contribution in [2.24, 2.45) is 11.8 Å². The molecule has 100 valence electrons. The summed E-state index contributed by atoms with van der Waals surface area (Å²) in [6, 6.07) is 4.73. The van der Waals surface area contributed by atoms with Crippen LogP contribution in [0, 0.1) is 17.7 Å². The van der Waals surface area contributed by atoms with E-state index in [0.29, 0.717) is 0 Å². The molecular formula is C15H22FNO. The van der Waals surface area contributed by atoms with E-state index in [1.165, 1.54) is 18.9 Å². The quantitative estimate of drug-likeness (QED) is 0.812. The van der Waals surface area contributed by atoms with Crippen molar-refractivity contribution in [1.82, 2.24) is 0 Å². The number of piperidine rings is 1. The van der Waals surface area contributed by atoms with E-state index in [1.807, 2.05) is 0 Å². The van der Waals surface area contributed by atoms with E-state index in [9.17, 15) is 4.39 Å². The van der Waals surface area contributed by atoms with Crippen LogP contribution < -0.4 is 9.64 Å². The highest BCUT2D eigenvalue weighted by Gasteiger charge is 2.23. The van der Waals surface area contributed by atoms with Crippen molar-refractivity contribution in [3.8, 4) is 5.75 Å². The van der Waals surface area contributed by atoms with Gasteiger partial charge < -0.3 is 9.64 Å². The number of anilines is 1. The fourth-order valence-corrected chi connectivity index (χ4v) is 2.72. The normalized spacial score (nSPS) is 17.3. The van der Waals surface area contributed by atoms with Crippen LogP contribution in [0.3, 0.4) is 0 Å². The van der Waals surface area contributed by atoms with Crippen molar-refractivity contribution in [3.05, 3.63) is 24.0 Å². The van der Waals surface area contributed by atoms with Gasteiger partial charge >= 0.3 is 0 Å². The molecule has 0 saturated carbocycles. The highest BCUT2D eigenvalue weighted by molar-refractivity contribution is 5.58. The largest absolute Gasteiger partial charge is 0.495 e. The molecule has 0 N–H and O–H groups in total. The lowest BCUT2D eigenvalue weighted by Gasteiger charge is -2.35. The van der Waals surface area contributed by atoms with E-state index in [0.717, 1.165) is 36.4 Å². The van der Waals surface area contributed by atoms with Gasteiger partial charge in [0, 0.05) is 19.2 Å². The lowest BCUT2D eigenvalue weighted by Crippen LogP contribution is -2.35. The number of methoxy groups -OCH3 is 1. The van der Waals surface area contributed by atoms with Crippen LogP contribution in [0.1, 0.15) is 26.7 Å². The second-order valence-corrected chi connectivity index (χ2v) is 5.38. The molecule has 2 nitrogen and oxygen atoms in total. The third kappa shape index (κ3) is 2.77. The summed E-state index contributed by atoms with van der Waals surface area (Å²) in [6.07, 6.45) is 2.36. The van der Waals surface area contributed by atoms with E-state index in [2.05, 4.69) is 18.7 Å². The molecule has 0 amide bonds. The fourth-order valence-electron chi connectivity index (χ4n) is 2.72. The van der Waals surface area contributed by atoms with E-state index >= 15 is 0 Å². The number of hydrogen-bond acceptors (Lipinski definition) is 2. The van der Waals surface area contributed by atoms with Crippen LogP contribution in [0.4, 0.5) is 10.1 Å². The molecule has 3 heteroatoms. The van der Waals surface area contributed by atoms with E-state index in [-0.39, 0.29) is 5.82 Å². The van der Waals surface area contributed by atoms with Gasteiger partial charge in [-0.2, -0.15) is 0 Å². The Morgan fingerprint density at radius 3 is 2.50 bits per heavy atom. The lowest BCUT2D eigenvalue weighted by atomic mass is 9.86. The van der Waals surface area contributed by atoms with E-state index in [4.69, 9.17) is 4.74 Å². The smallest absolute Gasteiger partial charge is 0.142 e. The number of hydrogen-bond donors (Lipinski definition) is 0. The maximum absolute atomic E-state index is 13.4. The number of ether oxygens (including phenoxy) is 1. The first-order chi connectivity index (χ1) is 8.61. The van der Waals surface area contributed by atoms with Gasteiger partial charge in [0.1, 0.15) is 11.6 Å². The summed E-state index contributed by atoms with van der Waals surface area (Å²) >= 11 is 0. The highest BCUT2D eigenvalue weighted by Crippen LogP contribution is 2.33. The summed E-state index contributed by atoms with van der Waals surface area (Å²) in [5, 5.41) is 0. The minimum atomic E-state index is -0.197. The second-order valence-electron chi connectivity index (χ2n) is 5.38. The van der Waals surface area contributed by atoms with Crippen LogP contribution in [0.25, 0.3) is 0 Å². The molecule has 18 heavy (non-hydrogen) atoms. The van der Waals surface area contributed by atoms with Crippen molar-refractivity contribution in [2.45, 2.75) is 26.7 Å². The zero-order valence-corrected chi connectivity index (χ0v) is 11.4. The van der Waals surface area contributed by atoms with Gasteiger partial charge in [-0.05, 0) is 36.8 Å². The maximum atomic E-state index is 13.4. The Labute approximate surface area is 109 Å². The molecule has 1 saturated heterocycles. The molecule has 1 fully saturated rings. The van der Waals surface area contributed by atoms with Crippen molar-refractivity contribution < 1.29 is 9.13 Å². The molecule has 1 aliphatic heterocycles. The average Bonchev–Trinajstić information content (AvgIpc) is 2.39. The zero-order valence-electron chi connectivity index (χ0n) is 11.4. The number of halogens is 1. The Morgan fingerprint density at radius 2 is 1.94 bits per heavy atom. The predicted molar refractivity (Wildman–Crippen MR) is 72.7 cm³/mol. The van der Waals surface area contributed by atoms with E-state index in [1.54, 1.807) is 19.2 Å². The summed E-state index contributed by atoms with van der Waals surface area (Å²) in [6.45, 7) is 6.54. The van der Waals surface area contributed by atoms with Gasteiger partial charge in [0.15, 0.2) is 0 Å². The van der Waals surface area contributed by atoms with Gasteiger partial charge in [-0.1, -0.05) is 13.8 Å². The summed E-state index contributed by atoms with van der Waals surface area (Å²) < 4.78 is 18.7. The minimum Gasteiger partial charge on any atom is -0.495 e. The number of rotatable bonds is 3. The van der Waals surface area contributed by atoms with Gasteiger partial charge in [0.25, 0.3) is 0 Å². The van der Waals surface area contributed by atoms with Crippen molar-refractivity contribution in [1.29, 1.82) is 0 Å². The molecule has 0 aliphatic carbocycles. The second kappa shape index (κ2) is 5.59. The molecule has 1 aromatic carbocycles. The van der Waals surface area contributed by atoms with Crippen LogP contribution >= 0.6 is 0 Å². The summed E-state index contributed by atoms with van der Waals surface area (Å²) in [5.74, 6) is 2.10. The highest BCUT2D eigenvalue weighted by atomic mass is 19.1. The van der Waals surface area contributed by atoms with Crippen molar-refractivity contribution in [2.75, 3.05) is 25.1 Å². The van der Waals surface area contributed by atoms with Gasteiger partial charge in [0.2, 0.25) is 0 Å². The average molecular weight is 251 g/mol. The number of benzene rings is 1. The first-order valence-electron chi connectivity index (χ1n) is 6.70. The van der Waals surface area contributed by atoms with Gasteiger partial charge in [0.05, 0.1) is 12.8 Å². The van der Waals surface area contributed by atoms with Crippen LogP contribution in [0.5, 0.6) is 5.75 Å². The molecule has 1 aromatic rings. The molecule has 0 radical (unpaired) electrons. The molecule has 1 heterocycles. The molecule has 0 aromatic heterocycles. The standard InChI is InChI=1S/C15H22FNO/c1-11(2)12-6-8-17(9-7-12)14-10-13(16)4-5-15(14)18-3/h4-5,10-12H,6-9H2,1-3H3. The summed E-state index contributed by atoms with van der Waals surface area (Å²) in [4.78, 5) is 2.24. The Morgan fingerprint density at radius 1 is 1.28 bits per heavy atom. The minimum absolute atomic E-state index is 0.197. The van der Waals surface area contributed by atoms with Gasteiger partial charge in [-0.3, -0.25) is 0 Å². The monoisotopic (exact) mass is 251 g/mol. The molecule has 0 spiro atoms. The Bertz CT molecular complexity index is 397. The maximum Gasteiger partial charge on any atom is 0.142 e. The van der Waals surface area contributed by atoms with Crippen LogP contribution in [-0.2, 0) is 0 Å².